The number of carbonyl (C=O) groups excluding carboxylic acids is 2. The van der Waals surface area contributed by atoms with Gasteiger partial charge in [-0.05, 0) is 43.4 Å². The minimum atomic E-state index is -4.22. The number of benzene rings is 1. The monoisotopic (exact) mass is 669 g/mol. The summed E-state index contributed by atoms with van der Waals surface area (Å²) in [5.74, 6) is -1.20. The number of nitrogens with zero attached hydrogens (tertiary/aromatic N) is 3. The van der Waals surface area contributed by atoms with E-state index >= 15 is 0 Å². The number of anilines is 3. The average Bonchev–Trinajstić information content (AvgIpc) is 3.39. The van der Waals surface area contributed by atoms with Crippen molar-refractivity contribution < 1.29 is 27.5 Å². The van der Waals surface area contributed by atoms with Crippen molar-refractivity contribution in [3.05, 3.63) is 39.4 Å². The maximum atomic E-state index is 13.5. The van der Waals surface area contributed by atoms with Crippen LogP contribution in [0.25, 0.3) is 11.2 Å². The number of hydrogen-bond acceptors (Lipinski definition) is 7. The summed E-state index contributed by atoms with van der Waals surface area (Å²) in [5, 5.41) is 9.54. The number of halogens is 5. The lowest BCUT2D eigenvalue weighted by atomic mass is 9.85. The van der Waals surface area contributed by atoms with E-state index in [1.807, 2.05) is 25.7 Å². The van der Waals surface area contributed by atoms with Crippen LogP contribution in [0.3, 0.4) is 0 Å². The molecular formula is C30H36Cl2F3N7O3. The Morgan fingerprint density at radius 2 is 1.76 bits per heavy atom. The number of hydrogen-bond donors (Lipinski definition) is 4. The highest BCUT2D eigenvalue weighted by Crippen LogP contribution is 2.38. The molecule has 1 aliphatic carbocycles. The SMILES string of the molecule is CC(C)(C)C(=O)NCc1ccc(Cl)c(Nc2nc3nc(N4CCOCC4)c(C(=O)NC4CCC(C(F)(F)F)CC4)cc3[nH]2)c1Cl. The standard InChI is InChI=1S/C30H36Cl2F3N7O3/c1-29(2,3)27(44)36-15-16-4-9-20(31)23(22(16)32)39-28-38-21-14-19(25(40-24(21)41-28)42-10-12-45-13-11-42)26(43)37-18-7-5-17(6-8-18)30(33,34)35/h4,9,14,17-18H,5-8,10-13,15H2,1-3H3,(H,36,44)(H,37,43)(H2,38,39,40,41). The highest BCUT2D eigenvalue weighted by Gasteiger charge is 2.41. The number of H-pyrrole nitrogens is 1. The molecule has 5 rings (SSSR count). The quantitative estimate of drug-likeness (QED) is 0.231. The van der Waals surface area contributed by atoms with Crippen molar-refractivity contribution in [2.24, 2.45) is 11.3 Å². The first-order valence-electron chi connectivity index (χ1n) is 14.8. The first-order chi connectivity index (χ1) is 21.2. The van der Waals surface area contributed by atoms with Gasteiger partial charge in [0.05, 0.1) is 45.9 Å². The normalized spacial score (nSPS) is 19.4. The topological polar surface area (TPSA) is 124 Å². The third-order valence-corrected chi connectivity index (χ3v) is 8.82. The second-order valence-electron chi connectivity index (χ2n) is 12.4. The molecule has 15 heteroatoms. The third-order valence-electron chi connectivity index (χ3n) is 8.07. The number of amides is 2. The van der Waals surface area contributed by atoms with Crippen LogP contribution in [-0.2, 0) is 16.1 Å². The number of pyridine rings is 1. The minimum Gasteiger partial charge on any atom is -0.378 e. The molecule has 2 fully saturated rings. The molecule has 0 spiro atoms. The van der Waals surface area contributed by atoms with Crippen LogP contribution in [0.4, 0.5) is 30.6 Å². The molecule has 1 saturated carbocycles. The third kappa shape index (κ3) is 7.75. The van der Waals surface area contributed by atoms with Crippen LogP contribution in [0.2, 0.25) is 10.0 Å². The molecule has 0 unspecified atom stereocenters. The number of ether oxygens (including phenoxy) is 1. The fourth-order valence-electron chi connectivity index (χ4n) is 5.41. The predicted octanol–water partition coefficient (Wildman–Crippen LogP) is 6.36. The summed E-state index contributed by atoms with van der Waals surface area (Å²) >= 11 is 13.2. The number of imidazole rings is 1. The highest BCUT2D eigenvalue weighted by atomic mass is 35.5. The molecule has 4 N–H and O–H groups in total. The van der Waals surface area contributed by atoms with Crippen LogP contribution >= 0.6 is 23.2 Å². The Balaban J connectivity index is 1.39. The van der Waals surface area contributed by atoms with Gasteiger partial charge in [-0.25, -0.2) is 4.98 Å². The fraction of sp³-hybridized carbons (Fsp3) is 0.533. The van der Waals surface area contributed by atoms with Crippen LogP contribution in [0.15, 0.2) is 18.2 Å². The Bertz CT molecular complexity index is 1560. The Morgan fingerprint density at radius 1 is 1.07 bits per heavy atom. The summed E-state index contributed by atoms with van der Waals surface area (Å²) in [5.41, 5.74) is 1.53. The molecule has 244 valence electrons. The number of carbonyl (C=O) groups is 2. The molecule has 2 aliphatic rings. The van der Waals surface area contributed by atoms with Gasteiger partial charge in [0.1, 0.15) is 5.82 Å². The zero-order chi connectivity index (χ0) is 32.5. The maximum Gasteiger partial charge on any atom is 0.391 e. The van der Waals surface area contributed by atoms with Gasteiger partial charge in [-0.1, -0.05) is 50.0 Å². The van der Waals surface area contributed by atoms with E-state index in [2.05, 4.69) is 25.9 Å². The maximum absolute atomic E-state index is 13.5. The molecule has 10 nitrogen and oxygen atoms in total. The zero-order valence-corrected chi connectivity index (χ0v) is 26.7. The molecule has 2 aromatic heterocycles. The van der Waals surface area contributed by atoms with Gasteiger partial charge in [0, 0.05) is 31.1 Å². The Kier molecular flexibility index (Phi) is 9.71. The first-order valence-corrected chi connectivity index (χ1v) is 15.6. The molecule has 45 heavy (non-hydrogen) atoms. The van der Waals surface area contributed by atoms with Crippen molar-refractivity contribution in [2.45, 2.75) is 65.2 Å². The van der Waals surface area contributed by atoms with Crippen molar-refractivity contribution >= 4 is 63.6 Å². The summed E-state index contributed by atoms with van der Waals surface area (Å²) < 4.78 is 44.9. The van der Waals surface area contributed by atoms with Gasteiger partial charge in [0.2, 0.25) is 11.9 Å². The van der Waals surface area contributed by atoms with E-state index in [9.17, 15) is 22.8 Å². The lowest BCUT2D eigenvalue weighted by Crippen LogP contribution is -2.42. The Hall–Kier alpha value is -3.29. The molecule has 1 aromatic carbocycles. The molecule has 1 saturated heterocycles. The molecular weight excluding hydrogens is 634 g/mol. The number of aromatic nitrogens is 3. The van der Waals surface area contributed by atoms with E-state index in [-0.39, 0.29) is 55.7 Å². The van der Waals surface area contributed by atoms with Gasteiger partial charge in [-0.3, -0.25) is 9.59 Å². The van der Waals surface area contributed by atoms with Crippen molar-refractivity contribution in [1.29, 1.82) is 0 Å². The lowest BCUT2D eigenvalue weighted by Gasteiger charge is -2.31. The molecule has 3 heterocycles. The van der Waals surface area contributed by atoms with Gasteiger partial charge >= 0.3 is 6.18 Å². The van der Waals surface area contributed by atoms with E-state index in [1.54, 1.807) is 18.2 Å². The first kappa shape index (κ1) is 33.1. The number of nitrogens with one attached hydrogen (secondary N) is 4. The van der Waals surface area contributed by atoms with E-state index in [4.69, 9.17) is 32.9 Å². The van der Waals surface area contributed by atoms with Crippen LogP contribution < -0.4 is 20.9 Å². The van der Waals surface area contributed by atoms with Crippen molar-refractivity contribution in [3.8, 4) is 0 Å². The fourth-order valence-corrected chi connectivity index (χ4v) is 5.94. The Labute approximate surface area is 268 Å². The number of aromatic amines is 1. The summed E-state index contributed by atoms with van der Waals surface area (Å²) in [6, 6.07) is 4.67. The van der Waals surface area contributed by atoms with Gasteiger partial charge < -0.3 is 30.6 Å². The predicted molar refractivity (Wildman–Crippen MR) is 167 cm³/mol. The summed E-state index contributed by atoms with van der Waals surface area (Å²) in [7, 11) is 0. The van der Waals surface area contributed by atoms with Gasteiger partial charge in [0.15, 0.2) is 5.65 Å². The summed E-state index contributed by atoms with van der Waals surface area (Å²) in [6.07, 6.45) is -3.77. The largest absolute Gasteiger partial charge is 0.391 e. The number of rotatable bonds is 7. The van der Waals surface area contributed by atoms with Crippen molar-refractivity contribution in [3.63, 3.8) is 0 Å². The average molecular weight is 671 g/mol. The molecule has 0 radical (unpaired) electrons. The van der Waals surface area contributed by atoms with E-state index in [0.29, 0.717) is 64.6 Å². The summed E-state index contributed by atoms with van der Waals surface area (Å²) in [4.78, 5) is 40.3. The Morgan fingerprint density at radius 3 is 2.40 bits per heavy atom. The van der Waals surface area contributed by atoms with E-state index < -0.39 is 23.4 Å². The number of alkyl halides is 3. The minimum absolute atomic E-state index is 0.0209. The molecule has 3 aromatic rings. The molecule has 2 amide bonds. The molecule has 1 aliphatic heterocycles. The molecule has 0 bridgehead atoms. The van der Waals surface area contributed by atoms with Crippen LogP contribution in [0.1, 0.15) is 62.4 Å². The van der Waals surface area contributed by atoms with Gasteiger partial charge in [-0.2, -0.15) is 18.2 Å². The second-order valence-corrected chi connectivity index (χ2v) is 13.2. The zero-order valence-electron chi connectivity index (χ0n) is 25.2. The second kappa shape index (κ2) is 13.2. The highest BCUT2D eigenvalue weighted by molar-refractivity contribution is 6.39. The van der Waals surface area contributed by atoms with Crippen molar-refractivity contribution in [2.75, 3.05) is 36.5 Å². The van der Waals surface area contributed by atoms with Gasteiger partial charge in [0.25, 0.3) is 5.91 Å². The van der Waals surface area contributed by atoms with Crippen LogP contribution in [0.5, 0.6) is 0 Å². The van der Waals surface area contributed by atoms with Crippen LogP contribution in [0, 0.1) is 11.3 Å². The number of morpholine rings is 1. The molecule has 0 atom stereocenters. The van der Waals surface area contributed by atoms with E-state index in [1.165, 1.54) is 0 Å². The smallest absolute Gasteiger partial charge is 0.378 e. The van der Waals surface area contributed by atoms with E-state index in [0.717, 1.165) is 0 Å². The van der Waals surface area contributed by atoms with Gasteiger partial charge in [-0.15, -0.1) is 0 Å². The number of fused-ring (bicyclic) bond motifs is 1. The summed E-state index contributed by atoms with van der Waals surface area (Å²) in [6.45, 7) is 7.58. The van der Waals surface area contributed by atoms with Crippen LogP contribution in [-0.4, -0.2) is 65.3 Å². The lowest BCUT2D eigenvalue weighted by molar-refractivity contribution is -0.182. The van der Waals surface area contributed by atoms with Crippen molar-refractivity contribution in [1.82, 2.24) is 25.6 Å².